The standard InChI is InChI=1S/C16H18N4/c17-16(18)20-19-15(14-9-5-2-6-10-14)12-11-13-7-3-1-4-8-13/h1-10H,11-12H2,(H4,17,18,20)/b19-15-. The number of nitrogens with two attached hydrogens (primary N) is 2. The van der Waals surface area contributed by atoms with E-state index in [2.05, 4.69) is 22.3 Å². The minimum absolute atomic E-state index is 0.0295. The van der Waals surface area contributed by atoms with Gasteiger partial charge in [0.25, 0.3) is 0 Å². The van der Waals surface area contributed by atoms with Crippen LogP contribution in [0, 0.1) is 0 Å². The molecule has 0 saturated heterocycles. The molecule has 0 unspecified atom stereocenters. The van der Waals surface area contributed by atoms with Gasteiger partial charge in [-0.3, -0.25) is 0 Å². The molecule has 4 heteroatoms. The van der Waals surface area contributed by atoms with Crippen molar-refractivity contribution in [1.82, 2.24) is 0 Å². The molecule has 102 valence electrons. The van der Waals surface area contributed by atoms with Gasteiger partial charge in [0, 0.05) is 0 Å². The molecule has 2 aromatic rings. The maximum Gasteiger partial charge on any atom is 0.211 e. The lowest BCUT2D eigenvalue weighted by Gasteiger charge is -2.05. The number of hydrogen-bond donors (Lipinski definition) is 2. The molecule has 0 fully saturated rings. The van der Waals surface area contributed by atoms with Crippen molar-refractivity contribution < 1.29 is 0 Å². The molecule has 2 rings (SSSR count). The number of rotatable bonds is 5. The molecule has 0 atom stereocenters. The average Bonchev–Trinajstić information content (AvgIpc) is 2.49. The summed E-state index contributed by atoms with van der Waals surface area (Å²) >= 11 is 0. The maximum atomic E-state index is 5.35. The summed E-state index contributed by atoms with van der Waals surface area (Å²) in [5, 5.41) is 7.94. The van der Waals surface area contributed by atoms with E-state index in [9.17, 15) is 0 Å². The highest BCUT2D eigenvalue weighted by Gasteiger charge is 2.04. The second-order valence-electron chi connectivity index (χ2n) is 4.42. The number of benzene rings is 2. The Bertz CT molecular complexity index is 584. The summed E-state index contributed by atoms with van der Waals surface area (Å²) in [6.45, 7) is 0. The van der Waals surface area contributed by atoms with E-state index >= 15 is 0 Å². The third kappa shape index (κ3) is 4.24. The van der Waals surface area contributed by atoms with Gasteiger partial charge < -0.3 is 11.5 Å². The summed E-state index contributed by atoms with van der Waals surface area (Å²) in [7, 11) is 0. The Labute approximate surface area is 118 Å². The van der Waals surface area contributed by atoms with Crippen LogP contribution in [0.3, 0.4) is 0 Å². The average molecular weight is 266 g/mol. The van der Waals surface area contributed by atoms with Gasteiger partial charge in [-0.05, 0) is 24.0 Å². The largest absolute Gasteiger partial charge is 0.369 e. The summed E-state index contributed by atoms with van der Waals surface area (Å²) < 4.78 is 0. The molecule has 2 aromatic carbocycles. The van der Waals surface area contributed by atoms with Crippen molar-refractivity contribution in [2.75, 3.05) is 0 Å². The van der Waals surface area contributed by atoms with Gasteiger partial charge in [-0.2, -0.15) is 5.10 Å². The molecule has 0 heterocycles. The van der Waals surface area contributed by atoms with Crippen molar-refractivity contribution in [3.05, 3.63) is 71.8 Å². The highest BCUT2D eigenvalue weighted by Crippen LogP contribution is 2.10. The minimum atomic E-state index is -0.0295. The first-order valence-corrected chi connectivity index (χ1v) is 6.50. The molecular weight excluding hydrogens is 248 g/mol. The third-order valence-corrected chi connectivity index (χ3v) is 2.89. The highest BCUT2D eigenvalue weighted by atomic mass is 15.3. The smallest absolute Gasteiger partial charge is 0.211 e. The molecule has 0 aliphatic carbocycles. The molecule has 0 saturated carbocycles. The van der Waals surface area contributed by atoms with Crippen LogP contribution in [0.1, 0.15) is 17.5 Å². The Kier molecular flexibility index (Phi) is 4.89. The lowest BCUT2D eigenvalue weighted by molar-refractivity contribution is 1.02. The van der Waals surface area contributed by atoms with Crippen LogP contribution in [0.5, 0.6) is 0 Å². The summed E-state index contributed by atoms with van der Waals surface area (Å²) in [5.74, 6) is -0.0295. The molecule has 0 aromatic heterocycles. The third-order valence-electron chi connectivity index (χ3n) is 2.89. The highest BCUT2D eigenvalue weighted by molar-refractivity contribution is 6.00. The first-order valence-electron chi connectivity index (χ1n) is 6.50. The van der Waals surface area contributed by atoms with E-state index < -0.39 is 0 Å². The van der Waals surface area contributed by atoms with Crippen LogP contribution < -0.4 is 11.5 Å². The van der Waals surface area contributed by atoms with Crippen molar-refractivity contribution in [2.24, 2.45) is 21.7 Å². The first kappa shape index (κ1) is 13.8. The van der Waals surface area contributed by atoms with Gasteiger partial charge in [0.05, 0.1) is 5.71 Å². The molecule has 0 aliphatic rings. The summed E-state index contributed by atoms with van der Waals surface area (Å²) in [6.07, 6.45) is 1.68. The Morgan fingerprint density at radius 2 is 1.40 bits per heavy atom. The zero-order valence-corrected chi connectivity index (χ0v) is 11.2. The molecule has 4 nitrogen and oxygen atoms in total. The summed E-state index contributed by atoms with van der Waals surface area (Å²) in [6, 6.07) is 20.2. The van der Waals surface area contributed by atoms with Gasteiger partial charge in [0.2, 0.25) is 5.96 Å². The fourth-order valence-corrected chi connectivity index (χ4v) is 1.91. The number of guanidine groups is 1. The monoisotopic (exact) mass is 266 g/mol. The van der Waals surface area contributed by atoms with Crippen LogP contribution in [-0.4, -0.2) is 11.7 Å². The van der Waals surface area contributed by atoms with Crippen molar-refractivity contribution >= 4 is 11.7 Å². The zero-order chi connectivity index (χ0) is 14.2. The predicted molar refractivity (Wildman–Crippen MR) is 83.6 cm³/mol. The van der Waals surface area contributed by atoms with Crippen LogP contribution in [0.25, 0.3) is 0 Å². The summed E-state index contributed by atoms with van der Waals surface area (Å²) in [5.41, 5.74) is 13.9. The quantitative estimate of drug-likeness (QED) is 0.495. The van der Waals surface area contributed by atoms with Crippen LogP contribution in [0.15, 0.2) is 70.9 Å². The van der Waals surface area contributed by atoms with Crippen molar-refractivity contribution in [2.45, 2.75) is 12.8 Å². The first-order chi connectivity index (χ1) is 9.75. The lowest BCUT2D eigenvalue weighted by atomic mass is 10.0. The van der Waals surface area contributed by atoms with E-state index in [1.54, 1.807) is 0 Å². The Balaban J connectivity index is 2.16. The maximum absolute atomic E-state index is 5.35. The number of aryl methyl sites for hydroxylation is 1. The molecule has 20 heavy (non-hydrogen) atoms. The molecule has 0 spiro atoms. The van der Waals surface area contributed by atoms with Crippen molar-refractivity contribution in [3.8, 4) is 0 Å². The van der Waals surface area contributed by atoms with Crippen LogP contribution in [-0.2, 0) is 6.42 Å². The van der Waals surface area contributed by atoms with Gasteiger partial charge in [0.1, 0.15) is 0 Å². The fourth-order valence-electron chi connectivity index (χ4n) is 1.91. The van der Waals surface area contributed by atoms with Gasteiger partial charge >= 0.3 is 0 Å². The van der Waals surface area contributed by atoms with Crippen LogP contribution >= 0.6 is 0 Å². The fraction of sp³-hybridized carbons (Fsp3) is 0.125. The van der Waals surface area contributed by atoms with E-state index in [-0.39, 0.29) is 5.96 Å². The molecule has 0 aliphatic heterocycles. The zero-order valence-electron chi connectivity index (χ0n) is 11.2. The van der Waals surface area contributed by atoms with Crippen molar-refractivity contribution in [1.29, 1.82) is 0 Å². The van der Waals surface area contributed by atoms with Crippen LogP contribution in [0.4, 0.5) is 0 Å². The minimum Gasteiger partial charge on any atom is -0.369 e. The predicted octanol–water partition coefficient (Wildman–Crippen LogP) is 2.30. The number of hydrogen-bond acceptors (Lipinski definition) is 2. The van der Waals surface area contributed by atoms with E-state index in [4.69, 9.17) is 11.5 Å². The Morgan fingerprint density at radius 3 is 2.00 bits per heavy atom. The van der Waals surface area contributed by atoms with Gasteiger partial charge in [0.15, 0.2) is 0 Å². The van der Waals surface area contributed by atoms with Gasteiger partial charge in [-0.15, -0.1) is 5.10 Å². The topological polar surface area (TPSA) is 76.8 Å². The number of nitrogens with zero attached hydrogens (tertiary/aromatic N) is 2. The van der Waals surface area contributed by atoms with E-state index in [0.717, 1.165) is 24.1 Å². The van der Waals surface area contributed by atoms with Crippen molar-refractivity contribution in [3.63, 3.8) is 0 Å². The van der Waals surface area contributed by atoms with Gasteiger partial charge in [-0.25, -0.2) is 0 Å². The molecule has 0 bridgehead atoms. The molecular formula is C16H18N4. The molecule has 0 radical (unpaired) electrons. The molecule has 4 N–H and O–H groups in total. The van der Waals surface area contributed by atoms with E-state index in [1.807, 2.05) is 48.5 Å². The Hall–Kier alpha value is -2.62. The molecule has 0 amide bonds. The Morgan fingerprint density at radius 1 is 0.800 bits per heavy atom. The van der Waals surface area contributed by atoms with Gasteiger partial charge in [-0.1, -0.05) is 60.7 Å². The van der Waals surface area contributed by atoms with E-state index in [0.29, 0.717) is 0 Å². The second kappa shape index (κ2) is 7.09. The second-order valence-corrected chi connectivity index (χ2v) is 4.42. The van der Waals surface area contributed by atoms with E-state index in [1.165, 1.54) is 5.56 Å². The van der Waals surface area contributed by atoms with Crippen LogP contribution in [0.2, 0.25) is 0 Å². The normalized spacial score (nSPS) is 11.1. The lowest BCUT2D eigenvalue weighted by Crippen LogP contribution is -2.22. The SMILES string of the molecule is NC(N)=N/N=C(/CCc1ccccc1)c1ccccc1. The summed E-state index contributed by atoms with van der Waals surface area (Å²) in [4.78, 5) is 0.